The SMILES string of the molecule is CCc1cccc2ccc(C(C)C(=O)O)nc12. The molecule has 0 saturated heterocycles. The van der Waals surface area contributed by atoms with Crippen LogP contribution in [0.25, 0.3) is 10.9 Å². The van der Waals surface area contributed by atoms with Crippen molar-refractivity contribution in [2.75, 3.05) is 0 Å². The van der Waals surface area contributed by atoms with E-state index in [0.29, 0.717) is 5.69 Å². The molecule has 1 unspecified atom stereocenters. The molecule has 2 aromatic rings. The number of nitrogens with zero attached hydrogens (tertiary/aromatic N) is 1. The van der Waals surface area contributed by atoms with Crippen molar-refractivity contribution in [2.24, 2.45) is 0 Å². The summed E-state index contributed by atoms with van der Waals surface area (Å²) < 4.78 is 0. The fourth-order valence-electron chi connectivity index (χ4n) is 1.88. The van der Waals surface area contributed by atoms with E-state index in [4.69, 9.17) is 5.11 Å². The smallest absolute Gasteiger partial charge is 0.312 e. The van der Waals surface area contributed by atoms with Gasteiger partial charge in [0.2, 0.25) is 0 Å². The highest BCUT2D eigenvalue weighted by molar-refractivity contribution is 5.83. The molecule has 0 amide bonds. The molecule has 1 N–H and O–H groups in total. The van der Waals surface area contributed by atoms with Crippen LogP contribution in [0.3, 0.4) is 0 Å². The number of hydrogen-bond acceptors (Lipinski definition) is 2. The number of hydrogen-bond donors (Lipinski definition) is 1. The van der Waals surface area contributed by atoms with E-state index in [9.17, 15) is 4.79 Å². The molecule has 0 aliphatic carbocycles. The molecular weight excluding hydrogens is 214 g/mol. The van der Waals surface area contributed by atoms with Crippen molar-refractivity contribution in [3.05, 3.63) is 41.6 Å². The van der Waals surface area contributed by atoms with Gasteiger partial charge in [0, 0.05) is 5.39 Å². The number of aliphatic carboxylic acids is 1. The van der Waals surface area contributed by atoms with Crippen molar-refractivity contribution < 1.29 is 9.90 Å². The van der Waals surface area contributed by atoms with Gasteiger partial charge in [-0.05, 0) is 25.0 Å². The first-order valence-electron chi connectivity index (χ1n) is 5.75. The molecule has 1 aromatic heterocycles. The number of benzene rings is 1. The summed E-state index contributed by atoms with van der Waals surface area (Å²) in [5, 5.41) is 10.1. The van der Waals surface area contributed by atoms with E-state index in [1.807, 2.05) is 24.3 Å². The number of pyridine rings is 1. The van der Waals surface area contributed by atoms with E-state index in [1.54, 1.807) is 13.0 Å². The van der Waals surface area contributed by atoms with Crippen molar-refractivity contribution in [2.45, 2.75) is 26.2 Å². The highest BCUT2D eigenvalue weighted by Crippen LogP contribution is 2.21. The second-order valence-corrected chi connectivity index (χ2v) is 4.14. The molecular formula is C14H15NO2. The Labute approximate surface area is 100 Å². The Balaban J connectivity index is 2.59. The lowest BCUT2D eigenvalue weighted by molar-refractivity contribution is -0.138. The first kappa shape index (κ1) is 11.6. The van der Waals surface area contributed by atoms with Crippen molar-refractivity contribution >= 4 is 16.9 Å². The van der Waals surface area contributed by atoms with Crippen LogP contribution >= 0.6 is 0 Å². The van der Waals surface area contributed by atoms with Gasteiger partial charge in [0.1, 0.15) is 0 Å². The topological polar surface area (TPSA) is 50.2 Å². The van der Waals surface area contributed by atoms with Gasteiger partial charge in [0.15, 0.2) is 0 Å². The Morgan fingerprint density at radius 2 is 2.12 bits per heavy atom. The minimum atomic E-state index is -0.842. The first-order valence-corrected chi connectivity index (χ1v) is 5.75. The maximum Gasteiger partial charge on any atom is 0.312 e. The van der Waals surface area contributed by atoms with Gasteiger partial charge >= 0.3 is 5.97 Å². The monoisotopic (exact) mass is 229 g/mol. The maximum atomic E-state index is 11.0. The second-order valence-electron chi connectivity index (χ2n) is 4.14. The number of para-hydroxylation sites is 1. The third kappa shape index (κ3) is 2.13. The van der Waals surface area contributed by atoms with Gasteiger partial charge in [-0.2, -0.15) is 0 Å². The number of carbonyl (C=O) groups is 1. The molecule has 0 aliphatic rings. The zero-order valence-electron chi connectivity index (χ0n) is 9.97. The fraction of sp³-hybridized carbons (Fsp3) is 0.286. The van der Waals surface area contributed by atoms with Gasteiger partial charge in [0.05, 0.1) is 17.1 Å². The van der Waals surface area contributed by atoms with Gasteiger partial charge < -0.3 is 5.11 Å². The fourth-order valence-corrected chi connectivity index (χ4v) is 1.88. The molecule has 88 valence electrons. The number of carboxylic acid groups (broad SMARTS) is 1. The molecule has 0 fully saturated rings. The van der Waals surface area contributed by atoms with Crippen LogP contribution in [-0.2, 0) is 11.2 Å². The molecule has 1 atom stereocenters. The molecule has 0 saturated carbocycles. The van der Waals surface area contributed by atoms with Crippen LogP contribution in [0.2, 0.25) is 0 Å². The van der Waals surface area contributed by atoms with Crippen LogP contribution in [0, 0.1) is 0 Å². The first-order chi connectivity index (χ1) is 8.13. The Kier molecular flexibility index (Phi) is 3.09. The normalized spacial score (nSPS) is 12.6. The molecule has 0 aliphatic heterocycles. The van der Waals surface area contributed by atoms with Gasteiger partial charge in [-0.15, -0.1) is 0 Å². The van der Waals surface area contributed by atoms with Crippen molar-refractivity contribution in [3.63, 3.8) is 0 Å². The summed E-state index contributed by atoms with van der Waals surface area (Å²) in [5.41, 5.74) is 2.69. The van der Waals surface area contributed by atoms with E-state index in [-0.39, 0.29) is 0 Å². The summed E-state index contributed by atoms with van der Waals surface area (Å²) in [6, 6.07) is 9.77. The van der Waals surface area contributed by atoms with E-state index in [1.165, 1.54) is 0 Å². The second kappa shape index (κ2) is 4.53. The lowest BCUT2D eigenvalue weighted by Crippen LogP contribution is -2.09. The zero-order valence-corrected chi connectivity index (χ0v) is 9.97. The van der Waals surface area contributed by atoms with E-state index in [2.05, 4.69) is 11.9 Å². The van der Waals surface area contributed by atoms with Gasteiger partial charge in [0.25, 0.3) is 0 Å². The number of aryl methyl sites for hydroxylation is 1. The van der Waals surface area contributed by atoms with Crippen LogP contribution < -0.4 is 0 Å². The summed E-state index contributed by atoms with van der Waals surface area (Å²) >= 11 is 0. The number of fused-ring (bicyclic) bond motifs is 1. The van der Waals surface area contributed by atoms with Crippen LogP contribution in [0.4, 0.5) is 0 Å². The summed E-state index contributed by atoms with van der Waals surface area (Å²) in [6.07, 6.45) is 0.898. The molecule has 0 spiro atoms. The average Bonchev–Trinajstić information content (AvgIpc) is 2.36. The van der Waals surface area contributed by atoms with Gasteiger partial charge in [-0.3, -0.25) is 9.78 Å². The molecule has 3 nitrogen and oxygen atoms in total. The summed E-state index contributed by atoms with van der Waals surface area (Å²) in [4.78, 5) is 15.4. The predicted octanol–water partition coefficient (Wildman–Crippen LogP) is 2.99. The van der Waals surface area contributed by atoms with E-state index >= 15 is 0 Å². The van der Waals surface area contributed by atoms with E-state index < -0.39 is 11.9 Å². The number of aromatic nitrogens is 1. The lowest BCUT2D eigenvalue weighted by atomic mass is 10.0. The number of carboxylic acids is 1. The van der Waals surface area contributed by atoms with E-state index in [0.717, 1.165) is 22.9 Å². The molecule has 17 heavy (non-hydrogen) atoms. The van der Waals surface area contributed by atoms with Crippen LogP contribution in [0.1, 0.15) is 31.0 Å². The standard InChI is InChI=1S/C14H15NO2/c1-3-10-5-4-6-11-7-8-12(15-13(10)11)9(2)14(16)17/h4-9H,3H2,1-2H3,(H,16,17). The molecule has 0 radical (unpaired) electrons. The van der Waals surface area contributed by atoms with Gasteiger partial charge in [-0.25, -0.2) is 0 Å². The third-order valence-electron chi connectivity index (χ3n) is 3.02. The molecule has 3 heteroatoms. The molecule has 1 aromatic carbocycles. The number of rotatable bonds is 3. The third-order valence-corrected chi connectivity index (χ3v) is 3.02. The van der Waals surface area contributed by atoms with Crippen LogP contribution in [0.5, 0.6) is 0 Å². The molecule has 2 rings (SSSR count). The maximum absolute atomic E-state index is 11.0. The lowest BCUT2D eigenvalue weighted by Gasteiger charge is -2.09. The van der Waals surface area contributed by atoms with Crippen molar-refractivity contribution in [1.29, 1.82) is 0 Å². The quantitative estimate of drug-likeness (QED) is 0.880. The summed E-state index contributed by atoms with van der Waals surface area (Å²) in [6.45, 7) is 3.73. The largest absolute Gasteiger partial charge is 0.481 e. The minimum Gasteiger partial charge on any atom is -0.481 e. The van der Waals surface area contributed by atoms with Crippen LogP contribution in [0.15, 0.2) is 30.3 Å². The highest BCUT2D eigenvalue weighted by atomic mass is 16.4. The average molecular weight is 229 g/mol. The minimum absolute atomic E-state index is 0.565. The summed E-state index contributed by atoms with van der Waals surface area (Å²) in [5.74, 6) is -1.41. The van der Waals surface area contributed by atoms with Crippen molar-refractivity contribution in [1.82, 2.24) is 4.98 Å². The Hall–Kier alpha value is -1.90. The summed E-state index contributed by atoms with van der Waals surface area (Å²) in [7, 11) is 0. The van der Waals surface area contributed by atoms with Crippen LogP contribution in [-0.4, -0.2) is 16.1 Å². The van der Waals surface area contributed by atoms with Crippen molar-refractivity contribution in [3.8, 4) is 0 Å². The zero-order chi connectivity index (χ0) is 12.4. The van der Waals surface area contributed by atoms with Gasteiger partial charge in [-0.1, -0.05) is 31.2 Å². The Bertz CT molecular complexity index is 563. The highest BCUT2D eigenvalue weighted by Gasteiger charge is 2.15. The Morgan fingerprint density at radius 3 is 2.76 bits per heavy atom. The molecule has 1 heterocycles. The Morgan fingerprint density at radius 1 is 1.35 bits per heavy atom. The predicted molar refractivity (Wildman–Crippen MR) is 67.2 cm³/mol. The molecule has 0 bridgehead atoms.